The SMILES string of the molecule is C[C@@H]1COCCN1c1nc(-c2ccnc3[nH]ccc23)nc(N)c1CC1CCC(F)(F)C1. The van der Waals surface area contributed by atoms with E-state index in [1.54, 1.807) is 6.20 Å². The molecule has 1 aliphatic heterocycles. The largest absolute Gasteiger partial charge is 0.383 e. The first kappa shape index (κ1) is 20.1. The van der Waals surface area contributed by atoms with Crippen LogP contribution in [-0.4, -0.2) is 51.7 Å². The van der Waals surface area contributed by atoms with E-state index in [0.29, 0.717) is 44.2 Å². The summed E-state index contributed by atoms with van der Waals surface area (Å²) in [5.41, 5.74) is 8.80. The molecule has 2 fully saturated rings. The molecule has 1 unspecified atom stereocenters. The van der Waals surface area contributed by atoms with E-state index < -0.39 is 5.92 Å². The highest BCUT2D eigenvalue weighted by molar-refractivity contribution is 5.91. The fraction of sp³-hybridized carbons (Fsp3) is 0.500. The zero-order valence-electron chi connectivity index (χ0n) is 17.4. The zero-order valence-corrected chi connectivity index (χ0v) is 17.4. The number of hydrogen-bond acceptors (Lipinski definition) is 6. The second-order valence-electron chi connectivity index (χ2n) is 8.62. The van der Waals surface area contributed by atoms with E-state index in [1.807, 2.05) is 18.3 Å². The van der Waals surface area contributed by atoms with Gasteiger partial charge in [-0.15, -0.1) is 0 Å². The van der Waals surface area contributed by atoms with Crippen molar-refractivity contribution in [2.24, 2.45) is 5.92 Å². The predicted molar refractivity (Wildman–Crippen MR) is 115 cm³/mol. The number of nitrogens with zero attached hydrogens (tertiary/aromatic N) is 4. The van der Waals surface area contributed by atoms with Crippen molar-refractivity contribution in [1.82, 2.24) is 19.9 Å². The van der Waals surface area contributed by atoms with Gasteiger partial charge in [0.1, 0.15) is 17.3 Å². The highest BCUT2D eigenvalue weighted by atomic mass is 19.3. The second kappa shape index (κ2) is 7.71. The molecule has 5 rings (SSSR count). The third-order valence-corrected chi connectivity index (χ3v) is 6.36. The van der Waals surface area contributed by atoms with Gasteiger partial charge in [-0.05, 0) is 37.8 Å². The van der Waals surface area contributed by atoms with E-state index in [4.69, 9.17) is 15.5 Å². The van der Waals surface area contributed by atoms with Crippen molar-refractivity contribution in [3.05, 3.63) is 30.1 Å². The lowest BCUT2D eigenvalue weighted by Gasteiger charge is -2.36. The summed E-state index contributed by atoms with van der Waals surface area (Å²) in [7, 11) is 0. The zero-order chi connectivity index (χ0) is 21.6. The summed E-state index contributed by atoms with van der Waals surface area (Å²) in [5.74, 6) is -1.12. The summed E-state index contributed by atoms with van der Waals surface area (Å²) in [6.45, 7) is 3.90. The summed E-state index contributed by atoms with van der Waals surface area (Å²) in [6.07, 6.45) is 4.30. The molecular weight excluding hydrogens is 402 g/mol. The maximum atomic E-state index is 13.8. The van der Waals surface area contributed by atoms with Crippen molar-refractivity contribution in [2.45, 2.75) is 44.6 Å². The number of pyridine rings is 1. The Bertz CT molecular complexity index is 1100. The van der Waals surface area contributed by atoms with Gasteiger partial charge in [-0.2, -0.15) is 0 Å². The van der Waals surface area contributed by atoms with Crippen molar-refractivity contribution in [1.29, 1.82) is 0 Å². The number of nitrogen functional groups attached to an aromatic ring is 1. The number of ether oxygens (including phenoxy) is 1. The number of aromatic nitrogens is 4. The molecular formula is C22H26F2N6O. The normalized spacial score (nSPS) is 23.5. The number of alkyl halides is 2. The molecule has 0 radical (unpaired) electrons. The molecule has 164 valence electrons. The molecule has 7 nitrogen and oxygen atoms in total. The molecule has 1 aliphatic carbocycles. The van der Waals surface area contributed by atoms with Gasteiger partial charge >= 0.3 is 0 Å². The Labute approximate surface area is 179 Å². The van der Waals surface area contributed by atoms with Gasteiger partial charge in [0.25, 0.3) is 0 Å². The highest BCUT2D eigenvalue weighted by Gasteiger charge is 2.40. The van der Waals surface area contributed by atoms with Gasteiger partial charge in [-0.1, -0.05) is 0 Å². The van der Waals surface area contributed by atoms with Crippen molar-refractivity contribution in [3.8, 4) is 11.4 Å². The molecule has 3 aromatic rings. The Balaban J connectivity index is 1.60. The van der Waals surface area contributed by atoms with Crippen LogP contribution in [0.2, 0.25) is 0 Å². The number of nitrogens with two attached hydrogens (primary N) is 1. The number of aromatic amines is 1. The van der Waals surface area contributed by atoms with E-state index in [0.717, 1.165) is 28.0 Å². The van der Waals surface area contributed by atoms with Gasteiger partial charge < -0.3 is 20.4 Å². The van der Waals surface area contributed by atoms with Gasteiger partial charge in [0.2, 0.25) is 5.92 Å². The maximum Gasteiger partial charge on any atom is 0.248 e. The van der Waals surface area contributed by atoms with Crippen molar-refractivity contribution in [3.63, 3.8) is 0 Å². The molecule has 31 heavy (non-hydrogen) atoms. The molecule has 0 spiro atoms. The molecule has 0 amide bonds. The third kappa shape index (κ3) is 3.82. The van der Waals surface area contributed by atoms with E-state index in [2.05, 4.69) is 26.8 Å². The van der Waals surface area contributed by atoms with E-state index in [-0.39, 0.29) is 24.8 Å². The van der Waals surface area contributed by atoms with Crippen LogP contribution >= 0.6 is 0 Å². The van der Waals surface area contributed by atoms with Crippen LogP contribution in [0.4, 0.5) is 20.4 Å². The van der Waals surface area contributed by atoms with Gasteiger partial charge in [0, 0.05) is 48.3 Å². The standard InChI is InChI=1S/C22H26F2N6O/c1-13-12-31-9-8-30(13)21-17(10-14-2-5-22(23,24)11-14)18(25)28-20(29-21)16-4-7-27-19-15(16)3-6-26-19/h3-4,6-7,13-14H,2,5,8-12H2,1H3,(H,26,27)(H2,25,28,29)/t13-,14?/m1/s1. The number of nitrogens with one attached hydrogen (secondary N) is 1. The lowest BCUT2D eigenvalue weighted by Crippen LogP contribution is -2.45. The Hall–Kier alpha value is -2.81. The molecule has 2 atom stereocenters. The summed E-state index contributed by atoms with van der Waals surface area (Å²) in [4.78, 5) is 19.2. The van der Waals surface area contributed by atoms with Crippen LogP contribution in [0.15, 0.2) is 24.5 Å². The Kier molecular flexibility index (Phi) is 5.00. The number of H-pyrrole nitrogens is 1. The Morgan fingerprint density at radius 1 is 1.32 bits per heavy atom. The fourth-order valence-electron chi connectivity index (χ4n) is 4.75. The molecule has 4 heterocycles. The first-order chi connectivity index (χ1) is 14.9. The first-order valence-corrected chi connectivity index (χ1v) is 10.7. The quantitative estimate of drug-likeness (QED) is 0.657. The maximum absolute atomic E-state index is 13.8. The molecule has 0 aromatic carbocycles. The summed E-state index contributed by atoms with van der Waals surface area (Å²) < 4.78 is 33.2. The van der Waals surface area contributed by atoms with Gasteiger partial charge in [-0.25, -0.2) is 23.7 Å². The minimum atomic E-state index is -2.59. The van der Waals surface area contributed by atoms with Crippen molar-refractivity contribution in [2.75, 3.05) is 30.4 Å². The second-order valence-corrected chi connectivity index (χ2v) is 8.62. The number of halogens is 2. The van der Waals surface area contributed by atoms with Crippen LogP contribution in [0.1, 0.15) is 31.7 Å². The average molecular weight is 428 g/mol. The number of rotatable bonds is 4. The number of fused-ring (bicyclic) bond motifs is 1. The average Bonchev–Trinajstić information content (AvgIpc) is 3.35. The summed E-state index contributed by atoms with van der Waals surface area (Å²) in [6, 6.07) is 3.90. The smallest absolute Gasteiger partial charge is 0.248 e. The summed E-state index contributed by atoms with van der Waals surface area (Å²) in [5, 5.41) is 0.908. The van der Waals surface area contributed by atoms with E-state index >= 15 is 0 Å². The Morgan fingerprint density at radius 3 is 2.97 bits per heavy atom. The lowest BCUT2D eigenvalue weighted by atomic mass is 9.97. The molecule has 0 bridgehead atoms. The molecule has 3 N–H and O–H groups in total. The van der Waals surface area contributed by atoms with Crippen LogP contribution < -0.4 is 10.6 Å². The first-order valence-electron chi connectivity index (χ1n) is 10.7. The van der Waals surface area contributed by atoms with Gasteiger partial charge in [-0.3, -0.25) is 0 Å². The van der Waals surface area contributed by atoms with Crippen molar-refractivity contribution >= 4 is 22.7 Å². The minimum absolute atomic E-state index is 0.0672. The monoisotopic (exact) mass is 428 g/mol. The van der Waals surface area contributed by atoms with Crippen LogP contribution in [0.25, 0.3) is 22.4 Å². The number of morpholine rings is 1. The number of anilines is 2. The molecule has 2 aliphatic rings. The fourth-order valence-corrected chi connectivity index (χ4v) is 4.75. The van der Waals surface area contributed by atoms with Gasteiger partial charge in [0.05, 0.1) is 19.3 Å². The highest BCUT2D eigenvalue weighted by Crippen LogP contribution is 2.42. The number of hydrogen-bond donors (Lipinski definition) is 2. The van der Waals surface area contributed by atoms with Crippen LogP contribution in [0, 0.1) is 5.92 Å². The lowest BCUT2D eigenvalue weighted by molar-refractivity contribution is 0.00508. The van der Waals surface area contributed by atoms with Crippen LogP contribution in [0.3, 0.4) is 0 Å². The molecule has 9 heteroatoms. The predicted octanol–water partition coefficient (Wildman–Crippen LogP) is 3.81. The van der Waals surface area contributed by atoms with E-state index in [9.17, 15) is 8.78 Å². The molecule has 1 saturated heterocycles. The van der Waals surface area contributed by atoms with Crippen LogP contribution in [0.5, 0.6) is 0 Å². The Morgan fingerprint density at radius 2 is 2.19 bits per heavy atom. The molecule has 1 saturated carbocycles. The third-order valence-electron chi connectivity index (χ3n) is 6.36. The van der Waals surface area contributed by atoms with E-state index in [1.165, 1.54) is 0 Å². The topological polar surface area (TPSA) is 93.0 Å². The summed E-state index contributed by atoms with van der Waals surface area (Å²) >= 11 is 0. The minimum Gasteiger partial charge on any atom is -0.383 e. The van der Waals surface area contributed by atoms with Crippen molar-refractivity contribution < 1.29 is 13.5 Å². The van der Waals surface area contributed by atoms with Crippen LogP contribution in [-0.2, 0) is 11.2 Å². The van der Waals surface area contributed by atoms with Gasteiger partial charge in [0.15, 0.2) is 5.82 Å². The molecule has 3 aromatic heterocycles.